The average molecular weight is 254 g/mol. The van der Waals surface area contributed by atoms with E-state index in [1.165, 1.54) is 0 Å². The maximum absolute atomic E-state index is 12.5. The molecule has 0 aromatic heterocycles. The standard InChI is InChI=1S/C13H22N2O3/c1-17-9-7-15(8-10-18-2)12(16)13(11-14)5-3-4-6-13/h3-10H2,1-2H3. The van der Waals surface area contributed by atoms with Gasteiger partial charge in [0.15, 0.2) is 0 Å². The summed E-state index contributed by atoms with van der Waals surface area (Å²) in [5, 5.41) is 9.33. The molecule has 0 aromatic rings. The second kappa shape index (κ2) is 7.34. The van der Waals surface area contributed by atoms with Crippen LogP contribution < -0.4 is 0 Å². The molecular weight excluding hydrogens is 232 g/mol. The molecule has 0 heterocycles. The predicted octanol–water partition coefficient (Wildman–Crippen LogP) is 1.19. The molecule has 0 saturated heterocycles. The van der Waals surface area contributed by atoms with Crippen molar-refractivity contribution in [3.05, 3.63) is 0 Å². The van der Waals surface area contributed by atoms with Gasteiger partial charge in [0, 0.05) is 27.3 Å². The van der Waals surface area contributed by atoms with Gasteiger partial charge in [0.25, 0.3) is 0 Å². The number of hydrogen-bond acceptors (Lipinski definition) is 4. The molecule has 1 rings (SSSR count). The van der Waals surface area contributed by atoms with Crippen LogP contribution in [0.4, 0.5) is 0 Å². The van der Waals surface area contributed by atoms with E-state index >= 15 is 0 Å². The van der Waals surface area contributed by atoms with Crippen LogP contribution in [0.1, 0.15) is 25.7 Å². The van der Waals surface area contributed by atoms with Crippen LogP contribution in [0.2, 0.25) is 0 Å². The van der Waals surface area contributed by atoms with Crippen molar-refractivity contribution in [3.8, 4) is 6.07 Å². The molecule has 0 unspecified atom stereocenters. The number of ether oxygens (including phenoxy) is 2. The number of carbonyl (C=O) groups is 1. The zero-order valence-corrected chi connectivity index (χ0v) is 11.3. The van der Waals surface area contributed by atoms with E-state index in [0.29, 0.717) is 39.1 Å². The molecular formula is C13H22N2O3. The van der Waals surface area contributed by atoms with Gasteiger partial charge in [-0.15, -0.1) is 0 Å². The molecule has 1 saturated carbocycles. The van der Waals surface area contributed by atoms with Crippen LogP contribution in [-0.4, -0.2) is 51.3 Å². The van der Waals surface area contributed by atoms with E-state index < -0.39 is 5.41 Å². The van der Waals surface area contributed by atoms with Gasteiger partial charge in [-0.2, -0.15) is 5.26 Å². The Kier molecular flexibility index (Phi) is 6.10. The second-order valence-electron chi connectivity index (χ2n) is 4.68. The Hall–Kier alpha value is -1.12. The van der Waals surface area contributed by atoms with Gasteiger partial charge < -0.3 is 14.4 Å². The van der Waals surface area contributed by atoms with Crippen molar-refractivity contribution >= 4 is 5.91 Å². The number of methoxy groups -OCH3 is 2. The normalized spacial score (nSPS) is 17.4. The molecule has 0 aromatic carbocycles. The zero-order valence-electron chi connectivity index (χ0n) is 11.3. The molecule has 1 fully saturated rings. The monoisotopic (exact) mass is 254 g/mol. The van der Waals surface area contributed by atoms with E-state index in [-0.39, 0.29) is 5.91 Å². The molecule has 0 radical (unpaired) electrons. The van der Waals surface area contributed by atoms with Crippen molar-refractivity contribution in [1.82, 2.24) is 4.90 Å². The molecule has 1 aliphatic carbocycles. The Balaban J connectivity index is 2.70. The van der Waals surface area contributed by atoms with Gasteiger partial charge in [-0.05, 0) is 12.8 Å². The van der Waals surface area contributed by atoms with Crippen molar-refractivity contribution in [3.63, 3.8) is 0 Å². The topological polar surface area (TPSA) is 62.6 Å². The average Bonchev–Trinajstić information content (AvgIpc) is 2.88. The molecule has 0 bridgehead atoms. The minimum absolute atomic E-state index is 0.0587. The van der Waals surface area contributed by atoms with E-state index in [9.17, 15) is 10.1 Å². The third kappa shape index (κ3) is 3.44. The highest BCUT2D eigenvalue weighted by molar-refractivity contribution is 5.85. The Morgan fingerprint density at radius 3 is 2.11 bits per heavy atom. The quantitative estimate of drug-likeness (QED) is 0.684. The van der Waals surface area contributed by atoms with Gasteiger partial charge in [0.2, 0.25) is 5.91 Å². The molecule has 5 heteroatoms. The third-order valence-corrected chi connectivity index (χ3v) is 3.50. The molecule has 0 N–H and O–H groups in total. The summed E-state index contributed by atoms with van der Waals surface area (Å²) in [5.41, 5.74) is -0.804. The molecule has 1 aliphatic rings. The van der Waals surface area contributed by atoms with Gasteiger partial charge >= 0.3 is 0 Å². The van der Waals surface area contributed by atoms with Crippen molar-refractivity contribution in [2.45, 2.75) is 25.7 Å². The maximum Gasteiger partial charge on any atom is 0.243 e. The number of hydrogen-bond donors (Lipinski definition) is 0. The number of nitrogens with zero attached hydrogens (tertiary/aromatic N) is 2. The smallest absolute Gasteiger partial charge is 0.243 e. The number of amides is 1. The fourth-order valence-corrected chi connectivity index (χ4v) is 2.37. The molecule has 0 spiro atoms. The summed E-state index contributed by atoms with van der Waals surface area (Å²) in [6.07, 6.45) is 3.28. The summed E-state index contributed by atoms with van der Waals surface area (Å²) in [7, 11) is 3.21. The number of carbonyl (C=O) groups excluding carboxylic acids is 1. The Morgan fingerprint density at radius 1 is 1.22 bits per heavy atom. The van der Waals surface area contributed by atoms with E-state index in [4.69, 9.17) is 9.47 Å². The fraction of sp³-hybridized carbons (Fsp3) is 0.846. The lowest BCUT2D eigenvalue weighted by Crippen LogP contribution is -2.45. The van der Waals surface area contributed by atoms with E-state index in [0.717, 1.165) is 12.8 Å². The number of rotatable bonds is 7. The molecule has 5 nitrogen and oxygen atoms in total. The summed E-state index contributed by atoms with van der Waals surface area (Å²) in [5.74, 6) is -0.0587. The number of nitriles is 1. The van der Waals surface area contributed by atoms with Gasteiger partial charge in [-0.25, -0.2) is 0 Å². The van der Waals surface area contributed by atoms with Gasteiger partial charge in [0.05, 0.1) is 19.3 Å². The lowest BCUT2D eigenvalue weighted by molar-refractivity contribution is -0.140. The highest BCUT2D eigenvalue weighted by Gasteiger charge is 2.43. The lowest BCUT2D eigenvalue weighted by atomic mass is 9.86. The SMILES string of the molecule is COCCN(CCOC)C(=O)C1(C#N)CCCC1. The third-order valence-electron chi connectivity index (χ3n) is 3.50. The van der Waals surface area contributed by atoms with Crippen LogP contribution in [0.3, 0.4) is 0 Å². The highest BCUT2D eigenvalue weighted by Crippen LogP contribution is 2.39. The van der Waals surface area contributed by atoms with Crippen molar-refractivity contribution in [2.24, 2.45) is 5.41 Å². The maximum atomic E-state index is 12.5. The van der Waals surface area contributed by atoms with E-state index in [1.54, 1.807) is 19.1 Å². The first-order valence-electron chi connectivity index (χ1n) is 6.38. The van der Waals surface area contributed by atoms with Crippen LogP contribution in [-0.2, 0) is 14.3 Å². The van der Waals surface area contributed by atoms with Crippen LogP contribution in [0, 0.1) is 16.7 Å². The van der Waals surface area contributed by atoms with Gasteiger partial charge in [-0.1, -0.05) is 12.8 Å². The molecule has 102 valence electrons. The zero-order chi connectivity index (χ0) is 13.4. The summed E-state index contributed by atoms with van der Waals surface area (Å²) in [4.78, 5) is 14.2. The summed E-state index contributed by atoms with van der Waals surface area (Å²) >= 11 is 0. The summed E-state index contributed by atoms with van der Waals surface area (Å²) < 4.78 is 10.0. The van der Waals surface area contributed by atoms with Crippen molar-refractivity contribution in [2.75, 3.05) is 40.5 Å². The predicted molar refractivity (Wildman–Crippen MR) is 66.8 cm³/mol. The first kappa shape index (κ1) is 14.9. The van der Waals surface area contributed by atoms with E-state index in [2.05, 4.69) is 6.07 Å². The van der Waals surface area contributed by atoms with Crippen LogP contribution in [0.15, 0.2) is 0 Å². The van der Waals surface area contributed by atoms with Crippen LogP contribution in [0.25, 0.3) is 0 Å². The molecule has 0 aliphatic heterocycles. The van der Waals surface area contributed by atoms with E-state index in [1.807, 2.05) is 0 Å². The second-order valence-corrected chi connectivity index (χ2v) is 4.68. The summed E-state index contributed by atoms with van der Waals surface area (Å²) in [6, 6.07) is 2.24. The largest absolute Gasteiger partial charge is 0.383 e. The van der Waals surface area contributed by atoms with Gasteiger partial charge in [0.1, 0.15) is 5.41 Å². The molecule has 0 atom stereocenters. The Morgan fingerprint density at radius 2 is 1.72 bits per heavy atom. The summed E-state index contributed by atoms with van der Waals surface area (Å²) in [6.45, 7) is 2.00. The van der Waals surface area contributed by atoms with Crippen molar-refractivity contribution in [1.29, 1.82) is 5.26 Å². The molecule has 18 heavy (non-hydrogen) atoms. The van der Waals surface area contributed by atoms with Gasteiger partial charge in [-0.3, -0.25) is 4.79 Å². The Bertz CT molecular complexity index is 298. The minimum atomic E-state index is -0.804. The van der Waals surface area contributed by atoms with Crippen molar-refractivity contribution < 1.29 is 14.3 Å². The minimum Gasteiger partial charge on any atom is -0.383 e. The van der Waals surface area contributed by atoms with Crippen LogP contribution >= 0.6 is 0 Å². The first-order chi connectivity index (χ1) is 8.70. The molecule has 1 amide bonds. The fourth-order valence-electron chi connectivity index (χ4n) is 2.37. The first-order valence-corrected chi connectivity index (χ1v) is 6.38. The lowest BCUT2D eigenvalue weighted by Gasteiger charge is -2.29. The Labute approximate surface area is 109 Å². The van der Waals surface area contributed by atoms with Crippen LogP contribution in [0.5, 0.6) is 0 Å². The highest BCUT2D eigenvalue weighted by atomic mass is 16.5.